The summed E-state index contributed by atoms with van der Waals surface area (Å²) in [5, 5.41) is 8.12. The van der Waals surface area contributed by atoms with Gasteiger partial charge in [0.15, 0.2) is 0 Å². The van der Waals surface area contributed by atoms with Gasteiger partial charge in [0, 0.05) is 12.2 Å². The van der Waals surface area contributed by atoms with E-state index < -0.39 is 12.1 Å². The Morgan fingerprint density at radius 3 is 2.38 bits per heavy atom. The van der Waals surface area contributed by atoms with Crippen LogP contribution in [-0.4, -0.2) is 18.0 Å². The Kier molecular flexibility index (Phi) is 6.72. The maximum atomic E-state index is 13.6. The number of urea groups is 1. The fourth-order valence-corrected chi connectivity index (χ4v) is 2.41. The molecular weight excluding hydrogens is 333 g/mol. The summed E-state index contributed by atoms with van der Waals surface area (Å²) in [4.78, 5) is 24.6. The highest BCUT2D eigenvalue weighted by molar-refractivity contribution is 5.93. The summed E-state index contributed by atoms with van der Waals surface area (Å²) in [5.74, 6) is -0.729. The molecule has 2 aromatic carbocycles. The minimum absolute atomic E-state index is 0.105. The summed E-state index contributed by atoms with van der Waals surface area (Å²) in [7, 11) is 0. The third kappa shape index (κ3) is 5.58. The number of benzene rings is 2. The van der Waals surface area contributed by atoms with Crippen molar-refractivity contribution in [1.29, 1.82) is 0 Å². The molecule has 1 atom stereocenters. The van der Waals surface area contributed by atoms with E-state index in [0.717, 1.165) is 0 Å². The van der Waals surface area contributed by atoms with Crippen molar-refractivity contribution in [3.8, 4) is 0 Å². The third-order valence-corrected chi connectivity index (χ3v) is 3.97. The Hall–Kier alpha value is -2.89. The molecule has 0 fully saturated rings. The van der Waals surface area contributed by atoms with Crippen LogP contribution in [-0.2, 0) is 11.3 Å². The lowest BCUT2D eigenvalue weighted by Crippen LogP contribution is -2.50. The van der Waals surface area contributed by atoms with E-state index in [2.05, 4.69) is 16.0 Å². The van der Waals surface area contributed by atoms with Crippen LogP contribution in [0.4, 0.5) is 14.9 Å². The molecule has 0 aliphatic rings. The second-order valence-corrected chi connectivity index (χ2v) is 6.49. The van der Waals surface area contributed by atoms with Crippen LogP contribution in [0, 0.1) is 18.7 Å². The van der Waals surface area contributed by atoms with E-state index >= 15 is 0 Å². The van der Waals surface area contributed by atoms with Gasteiger partial charge in [-0.15, -0.1) is 0 Å². The van der Waals surface area contributed by atoms with Gasteiger partial charge >= 0.3 is 6.03 Å². The average molecular weight is 357 g/mol. The number of carbonyl (C=O) groups excluding carboxylic acids is 2. The van der Waals surface area contributed by atoms with Crippen molar-refractivity contribution in [2.45, 2.75) is 33.4 Å². The number of rotatable bonds is 6. The Balaban J connectivity index is 1.93. The molecular formula is C20H24FN3O2. The molecule has 2 rings (SSSR count). The van der Waals surface area contributed by atoms with E-state index in [1.54, 1.807) is 31.2 Å². The van der Waals surface area contributed by atoms with Gasteiger partial charge in [0.2, 0.25) is 5.91 Å². The van der Waals surface area contributed by atoms with Crippen LogP contribution < -0.4 is 16.0 Å². The SMILES string of the molecule is Cc1ccc(CNC(=O)[C@@H](NC(=O)Nc2ccccc2)C(C)C)cc1F. The molecule has 0 aliphatic heterocycles. The van der Waals surface area contributed by atoms with E-state index in [4.69, 9.17) is 0 Å². The standard InChI is InChI=1S/C20H24FN3O2/c1-13(2)18(24-20(26)23-16-7-5-4-6-8-16)19(25)22-12-15-10-9-14(3)17(21)11-15/h4-11,13,18H,12H2,1-3H3,(H,22,25)(H2,23,24,26)/t18-/m0/s1. The van der Waals surface area contributed by atoms with Crippen molar-refractivity contribution in [2.24, 2.45) is 5.92 Å². The molecule has 2 aromatic rings. The third-order valence-electron chi connectivity index (χ3n) is 3.97. The first-order chi connectivity index (χ1) is 12.4. The molecule has 5 nitrogen and oxygen atoms in total. The molecule has 138 valence electrons. The first-order valence-electron chi connectivity index (χ1n) is 8.52. The number of halogens is 1. The summed E-state index contributed by atoms with van der Waals surface area (Å²) in [5.41, 5.74) is 1.86. The predicted octanol–water partition coefficient (Wildman–Crippen LogP) is 3.60. The Labute approximate surface area is 153 Å². The molecule has 3 amide bonds. The Morgan fingerprint density at radius 2 is 1.77 bits per heavy atom. The highest BCUT2D eigenvalue weighted by atomic mass is 19.1. The predicted molar refractivity (Wildman–Crippen MR) is 100 cm³/mol. The molecule has 0 heterocycles. The van der Waals surface area contributed by atoms with E-state index in [1.807, 2.05) is 32.0 Å². The molecule has 6 heteroatoms. The van der Waals surface area contributed by atoms with Crippen molar-refractivity contribution in [3.63, 3.8) is 0 Å². The first kappa shape index (κ1) is 19.4. The molecule has 0 radical (unpaired) electrons. The monoisotopic (exact) mass is 357 g/mol. The Bertz CT molecular complexity index is 763. The molecule has 0 spiro atoms. The highest BCUT2D eigenvalue weighted by Gasteiger charge is 2.24. The number of amides is 3. The van der Waals surface area contributed by atoms with Crippen LogP contribution in [0.5, 0.6) is 0 Å². The van der Waals surface area contributed by atoms with Crippen molar-refractivity contribution in [1.82, 2.24) is 10.6 Å². The van der Waals surface area contributed by atoms with Gasteiger partial charge in [-0.3, -0.25) is 4.79 Å². The number of hydrogen-bond donors (Lipinski definition) is 3. The summed E-state index contributed by atoms with van der Waals surface area (Å²) in [6, 6.07) is 12.7. The average Bonchev–Trinajstić information content (AvgIpc) is 2.61. The molecule has 0 aliphatic carbocycles. The summed E-state index contributed by atoms with van der Waals surface area (Å²) < 4.78 is 13.6. The second kappa shape index (κ2) is 8.99. The Morgan fingerprint density at radius 1 is 1.08 bits per heavy atom. The van der Waals surface area contributed by atoms with Gasteiger partial charge in [0.25, 0.3) is 0 Å². The lowest BCUT2D eigenvalue weighted by atomic mass is 10.0. The summed E-state index contributed by atoms with van der Waals surface area (Å²) in [6.45, 7) is 5.57. The van der Waals surface area contributed by atoms with E-state index in [0.29, 0.717) is 16.8 Å². The lowest BCUT2D eigenvalue weighted by molar-refractivity contribution is -0.124. The van der Waals surface area contributed by atoms with Gasteiger partial charge in [0.05, 0.1) is 0 Å². The normalized spacial score (nSPS) is 11.7. The van der Waals surface area contributed by atoms with Crippen molar-refractivity contribution in [2.75, 3.05) is 5.32 Å². The number of carbonyl (C=O) groups is 2. The van der Waals surface area contributed by atoms with Crippen LogP contribution in [0.1, 0.15) is 25.0 Å². The smallest absolute Gasteiger partial charge is 0.319 e. The second-order valence-electron chi connectivity index (χ2n) is 6.49. The molecule has 0 unspecified atom stereocenters. The maximum Gasteiger partial charge on any atom is 0.319 e. The van der Waals surface area contributed by atoms with Gasteiger partial charge in [-0.2, -0.15) is 0 Å². The molecule has 0 aromatic heterocycles. The summed E-state index contributed by atoms with van der Waals surface area (Å²) in [6.07, 6.45) is 0. The molecule has 0 saturated carbocycles. The van der Waals surface area contributed by atoms with Gasteiger partial charge in [-0.25, -0.2) is 9.18 Å². The van der Waals surface area contributed by atoms with Gasteiger partial charge in [-0.05, 0) is 42.2 Å². The van der Waals surface area contributed by atoms with Crippen LogP contribution in [0.25, 0.3) is 0 Å². The number of para-hydroxylation sites is 1. The lowest BCUT2D eigenvalue weighted by Gasteiger charge is -2.22. The highest BCUT2D eigenvalue weighted by Crippen LogP contribution is 2.10. The van der Waals surface area contributed by atoms with Crippen LogP contribution >= 0.6 is 0 Å². The number of hydrogen-bond acceptors (Lipinski definition) is 2. The van der Waals surface area contributed by atoms with Crippen molar-refractivity contribution in [3.05, 3.63) is 65.5 Å². The zero-order chi connectivity index (χ0) is 19.1. The molecule has 0 saturated heterocycles. The van der Waals surface area contributed by atoms with Gasteiger partial charge in [0.1, 0.15) is 11.9 Å². The largest absolute Gasteiger partial charge is 0.350 e. The van der Waals surface area contributed by atoms with Gasteiger partial charge < -0.3 is 16.0 Å². The molecule has 0 bridgehead atoms. The minimum atomic E-state index is -0.700. The quantitative estimate of drug-likeness (QED) is 0.739. The van der Waals surface area contributed by atoms with Gasteiger partial charge in [-0.1, -0.05) is 44.2 Å². The van der Waals surface area contributed by atoms with Crippen LogP contribution in [0.3, 0.4) is 0 Å². The van der Waals surface area contributed by atoms with Crippen molar-refractivity contribution < 1.29 is 14.0 Å². The van der Waals surface area contributed by atoms with E-state index in [-0.39, 0.29) is 24.2 Å². The summed E-state index contributed by atoms with van der Waals surface area (Å²) >= 11 is 0. The van der Waals surface area contributed by atoms with Crippen LogP contribution in [0.2, 0.25) is 0 Å². The number of aryl methyl sites for hydroxylation is 1. The molecule has 26 heavy (non-hydrogen) atoms. The van der Waals surface area contributed by atoms with Crippen LogP contribution in [0.15, 0.2) is 48.5 Å². The topological polar surface area (TPSA) is 70.2 Å². The fourth-order valence-electron chi connectivity index (χ4n) is 2.41. The first-order valence-corrected chi connectivity index (χ1v) is 8.52. The number of anilines is 1. The van der Waals surface area contributed by atoms with Crippen molar-refractivity contribution >= 4 is 17.6 Å². The van der Waals surface area contributed by atoms with E-state index in [1.165, 1.54) is 6.07 Å². The zero-order valence-corrected chi connectivity index (χ0v) is 15.2. The minimum Gasteiger partial charge on any atom is -0.350 e. The fraction of sp³-hybridized carbons (Fsp3) is 0.300. The van der Waals surface area contributed by atoms with E-state index in [9.17, 15) is 14.0 Å². The number of nitrogens with one attached hydrogen (secondary N) is 3. The zero-order valence-electron chi connectivity index (χ0n) is 15.2. The molecule has 3 N–H and O–H groups in total. The maximum absolute atomic E-state index is 13.6.